The molecule has 0 spiro atoms. The Morgan fingerprint density at radius 2 is 2.20 bits per heavy atom. The topological polar surface area (TPSA) is 92.7 Å². The highest BCUT2D eigenvalue weighted by Gasteiger charge is 2.28. The van der Waals surface area contributed by atoms with Crippen molar-refractivity contribution in [2.45, 2.75) is 36.6 Å². The summed E-state index contributed by atoms with van der Waals surface area (Å²) in [4.78, 5) is 10.8. The van der Waals surface area contributed by atoms with Crippen molar-refractivity contribution < 1.29 is 23.1 Å². The molecule has 0 fully saturated rings. The van der Waals surface area contributed by atoms with Crippen LogP contribution in [0.4, 0.5) is 0 Å². The van der Waals surface area contributed by atoms with Gasteiger partial charge in [-0.1, -0.05) is 11.6 Å². The molecule has 114 valence electrons. The quantitative estimate of drug-likeness (QED) is 0.789. The molecule has 0 amide bonds. The number of sulfonamides is 1. The van der Waals surface area contributed by atoms with E-state index in [0.717, 1.165) is 11.3 Å². The number of carbonyl (C=O) groups is 1. The first-order valence-corrected chi connectivity index (χ1v) is 8.38. The zero-order chi connectivity index (χ0) is 15.5. The fourth-order valence-electron chi connectivity index (χ4n) is 1.48. The highest BCUT2D eigenvalue weighted by Crippen LogP contribution is 2.30. The molecule has 0 radical (unpaired) electrons. The van der Waals surface area contributed by atoms with E-state index in [1.54, 1.807) is 13.8 Å². The predicted octanol–water partition coefficient (Wildman–Crippen LogP) is 1.87. The maximum Gasteiger partial charge on any atom is 0.305 e. The van der Waals surface area contributed by atoms with Gasteiger partial charge in [0.1, 0.15) is 4.21 Å². The average Bonchev–Trinajstić information content (AvgIpc) is 2.68. The summed E-state index contributed by atoms with van der Waals surface area (Å²) < 4.78 is 32.2. The van der Waals surface area contributed by atoms with Crippen LogP contribution in [0.15, 0.2) is 10.3 Å². The van der Waals surface area contributed by atoms with Gasteiger partial charge in [0.2, 0.25) is 10.0 Å². The van der Waals surface area contributed by atoms with Gasteiger partial charge in [0, 0.05) is 7.11 Å². The zero-order valence-corrected chi connectivity index (χ0v) is 13.6. The van der Waals surface area contributed by atoms with Crippen molar-refractivity contribution >= 4 is 38.9 Å². The maximum atomic E-state index is 12.2. The van der Waals surface area contributed by atoms with Crippen molar-refractivity contribution in [2.24, 2.45) is 0 Å². The molecule has 20 heavy (non-hydrogen) atoms. The summed E-state index contributed by atoms with van der Waals surface area (Å²) in [6, 6.07) is 0.591. The third-order valence-corrected chi connectivity index (χ3v) is 6.26. The van der Waals surface area contributed by atoms with Crippen molar-refractivity contribution in [3.05, 3.63) is 16.0 Å². The molecule has 2 atom stereocenters. The molecule has 1 rings (SSSR count). The largest absolute Gasteiger partial charge is 0.481 e. The van der Waals surface area contributed by atoms with Crippen LogP contribution >= 0.6 is 22.9 Å². The molecule has 0 aromatic carbocycles. The Balaban J connectivity index is 2.99. The minimum absolute atomic E-state index is 0.0543. The third kappa shape index (κ3) is 4.42. The van der Waals surface area contributed by atoms with E-state index in [1.807, 2.05) is 0 Å². The van der Waals surface area contributed by atoms with E-state index in [4.69, 9.17) is 21.4 Å². The lowest BCUT2D eigenvalue weighted by atomic mass is 10.1. The molecule has 9 heteroatoms. The van der Waals surface area contributed by atoms with Crippen LogP contribution in [-0.4, -0.2) is 38.7 Å². The first kappa shape index (κ1) is 17.4. The van der Waals surface area contributed by atoms with Crippen LogP contribution in [0.1, 0.15) is 18.9 Å². The zero-order valence-electron chi connectivity index (χ0n) is 11.2. The number of carboxylic acids is 1. The molecule has 1 aromatic heterocycles. The summed E-state index contributed by atoms with van der Waals surface area (Å²) in [5, 5.41) is 8.84. The normalized spacial score (nSPS) is 15.0. The molecule has 0 saturated carbocycles. The molecule has 0 bridgehead atoms. The number of rotatable bonds is 7. The second kappa shape index (κ2) is 6.86. The lowest BCUT2D eigenvalue weighted by Crippen LogP contribution is -2.44. The number of aliphatic carboxylic acids is 1. The molecule has 1 aromatic rings. The number of methoxy groups -OCH3 is 1. The lowest BCUT2D eigenvalue weighted by molar-refractivity contribution is -0.138. The number of aryl methyl sites for hydroxylation is 1. The van der Waals surface area contributed by atoms with Gasteiger partial charge in [-0.3, -0.25) is 4.79 Å². The summed E-state index contributed by atoms with van der Waals surface area (Å²) >= 11 is 6.78. The minimum Gasteiger partial charge on any atom is -0.481 e. The van der Waals surface area contributed by atoms with E-state index < -0.39 is 28.1 Å². The molecule has 0 unspecified atom stereocenters. The molecular formula is C11H16ClNO5S2. The van der Waals surface area contributed by atoms with Crippen molar-refractivity contribution in [3.8, 4) is 0 Å². The number of hydrogen-bond acceptors (Lipinski definition) is 5. The second-order valence-electron chi connectivity index (χ2n) is 4.29. The number of carboxylic acid groups (broad SMARTS) is 1. The molecule has 0 aliphatic rings. The van der Waals surface area contributed by atoms with Crippen molar-refractivity contribution in [2.75, 3.05) is 7.11 Å². The Morgan fingerprint density at radius 3 is 2.60 bits per heavy atom. The first-order valence-electron chi connectivity index (χ1n) is 5.70. The van der Waals surface area contributed by atoms with Gasteiger partial charge < -0.3 is 9.84 Å². The van der Waals surface area contributed by atoms with Crippen LogP contribution < -0.4 is 4.72 Å². The van der Waals surface area contributed by atoms with Crippen LogP contribution in [0.5, 0.6) is 0 Å². The number of ether oxygens (including phenoxy) is 1. The Bertz CT molecular complexity index is 564. The number of nitrogens with one attached hydrogen (secondary N) is 1. The second-order valence-corrected chi connectivity index (χ2v) is 7.88. The van der Waals surface area contributed by atoms with Crippen LogP contribution in [0.2, 0.25) is 4.34 Å². The minimum atomic E-state index is -3.82. The molecule has 0 aliphatic heterocycles. The van der Waals surface area contributed by atoms with E-state index >= 15 is 0 Å². The highest BCUT2D eigenvalue weighted by atomic mass is 35.5. The van der Waals surface area contributed by atoms with Gasteiger partial charge >= 0.3 is 5.97 Å². The summed E-state index contributed by atoms with van der Waals surface area (Å²) in [5.74, 6) is -1.11. The van der Waals surface area contributed by atoms with E-state index in [9.17, 15) is 13.2 Å². The summed E-state index contributed by atoms with van der Waals surface area (Å²) in [5.41, 5.74) is 0.659. The molecule has 1 heterocycles. The van der Waals surface area contributed by atoms with Gasteiger partial charge in [0.25, 0.3) is 0 Å². The van der Waals surface area contributed by atoms with E-state index in [2.05, 4.69) is 4.72 Å². The summed E-state index contributed by atoms with van der Waals surface area (Å²) in [6.45, 7) is 3.30. The monoisotopic (exact) mass is 341 g/mol. The summed E-state index contributed by atoms with van der Waals surface area (Å²) in [7, 11) is -2.43. The highest BCUT2D eigenvalue weighted by molar-refractivity contribution is 7.91. The number of thiophene rings is 1. The van der Waals surface area contributed by atoms with Crippen LogP contribution in [0.25, 0.3) is 0 Å². The maximum absolute atomic E-state index is 12.2. The van der Waals surface area contributed by atoms with Crippen molar-refractivity contribution in [1.82, 2.24) is 4.72 Å². The van der Waals surface area contributed by atoms with Crippen LogP contribution in [0.3, 0.4) is 0 Å². The Hall–Kier alpha value is -0.670. The van der Waals surface area contributed by atoms with Gasteiger partial charge in [0.05, 0.1) is 22.9 Å². The Labute approximate surface area is 126 Å². The number of hydrogen-bond donors (Lipinski definition) is 2. The van der Waals surface area contributed by atoms with Crippen LogP contribution in [0, 0.1) is 6.92 Å². The average molecular weight is 342 g/mol. The Morgan fingerprint density at radius 1 is 1.60 bits per heavy atom. The third-order valence-electron chi connectivity index (χ3n) is 2.74. The van der Waals surface area contributed by atoms with E-state index in [0.29, 0.717) is 9.90 Å². The van der Waals surface area contributed by atoms with E-state index in [-0.39, 0.29) is 10.6 Å². The molecule has 2 N–H and O–H groups in total. The smallest absolute Gasteiger partial charge is 0.305 e. The van der Waals surface area contributed by atoms with E-state index in [1.165, 1.54) is 13.2 Å². The fraction of sp³-hybridized carbons (Fsp3) is 0.545. The van der Waals surface area contributed by atoms with Gasteiger partial charge in [-0.2, -0.15) is 0 Å². The molecule has 0 aliphatic carbocycles. The molecular weight excluding hydrogens is 326 g/mol. The van der Waals surface area contributed by atoms with Crippen molar-refractivity contribution in [1.29, 1.82) is 0 Å². The summed E-state index contributed by atoms with van der Waals surface area (Å²) in [6.07, 6.45) is -0.941. The van der Waals surface area contributed by atoms with Gasteiger partial charge in [0.15, 0.2) is 0 Å². The van der Waals surface area contributed by atoms with Gasteiger partial charge in [-0.05, 0) is 25.5 Å². The Kier molecular flexibility index (Phi) is 5.96. The lowest BCUT2D eigenvalue weighted by Gasteiger charge is -2.22. The standard InChI is InChI=1S/C11H16ClNO5S2/c1-6-4-10(19-11(6)12)20(16,17)13-8(5-9(14)15)7(2)18-3/h4,7-8,13H,5H2,1-3H3,(H,14,15)/t7-,8-/m1/s1. The number of halogens is 1. The first-order chi connectivity index (χ1) is 9.17. The fourth-order valence-corrected chi connectivity index (χ4v) is 4.51. The van der Waals surface area contributed by atoms with Crippen molar-refractivity contribution in [3.63, 3.8) is 0 Å². The predicted molar refractivity (Wildman–Crippen MR) is 76.9 cm³/mol. The van der Waals surface area contributed by atoms with Crippen LogP contribution in [-0.2, 0) is 19.6 Å². The SMILES string of the molecule is CO[C@H](C)[C@@H](CC(=O)O)NS(=O)(=O)c1cc(C)c(Cl)s1. The molecule has 0 saturated heterocycles. The van der Waals surface area contributed by atoms with Gasteiger partial charge in [-0.15, -0.1) is 11.3 Å². The van der Waals surface area contributed by atoms with Gasteiger partial charge in [-0.25, -0.2) is 13.1 Å². The molecule has 6 nitrogen and oxygen atoms in total.